The van der Waals surface area contributed by atoms with E-state index in [2.05, 4.69) is 20.1 Å². The first-order chi connectivity index (χ1) is 8.69. The molecule has 108 valence electrons. The van der Waals surface area contributed by atoms with Gasteiger partial charge in [-0.3, -0.25) is 5.43 Å². The topological polar surface area (TPSA) is 113 Å². The minimum Gasteiger partial charge on any atom is -0.303 e. The van der Waals surface area contributed by atoms with Crippen molar-refractivity contribution in [1.29, 1.82) is 0 Å². The summed E-state index contributed by atoms with van der Waals surface area (Å²) in [7, 11) is 0.154. The predicted molar refractivity (Wildman–Crippen MR) is 72.8 cm³/mol. The molecule has 1 heterocycles. The van der Waals surface area contributed by atoms with Gasteiger partial charge < -0.3 is 4.90 Å². The van der Waals surface area contributed by atoms with Gasteiger partial charge in [0.1, 0.15) is 4.90 Å². The summed E-state index contributed by atoms with van der Waals surface area (Å²) in [4.78, 5) is 9.47. The van der Waals surface area contributed by atoms with Crippen LogP contribution in [0.1, 0.15) is 13.8 Å². The largest absolute Gasteiger partial charge is 0.303 e. The summed E-state index contributed by atoms with van der Waals surface area (Å²) in [5.41, 5.74) is 1.93. The van der Waals surface area contributed by atoms with Gasteiger partial charge in [-0.05, 0) is 27.9 Å². The number of anilines is 1. The molecular formula is C10H20N6O2S. The van der Waals surface area contributed by atoms with E-state index >= 15 is 0 Å². The number of nitrogen functional groups attached to an aromatic ring is 1. The van der Waals surface area contributed by atoms with E-state index in [0.29, 0.717) is 0 Å². The first kappa shape index (κ1) is 15.8. The standard InChI is InChI=1S/C10H20N6O2S/c1-10(2,16(3)4)7-14-19(17,18)8-5-12-9(15-11)13-6-8/h5-6,14H,7,11H2,1-4H3,(H,12,13,15). The Kier molecular flexibility index (Phi) is 4.80. The quantitative estimate of drug-likeness (QED) is 0.472. The lowest BCUT2D eigenvalue weighted by atomic mass is 10.1. The highest BCUT2D eigenvalue weighted by atomic mass is 32.2. The zero-order valence-corrected chi connectivity index (χ0v) is 12.3. The van der Waals surface area contributed by atoms with E-state index in [9.17, 15) is 8.42 Å². The molecule has 0 aliphatic heterocycles. The van der Waals surface area contributed by atoms with Crippen molar-refractivity contribution in [1.82, 2.24) is 19.6 Å². The Labute approximate surface area is 113 Å². The van der Waals surface area contributed by atoms with Crippen LogP contribution < -0.4 is 16.0 Å². The maximum absolute atomic E-state index is 12.0. The molecule has 0 fully saturated rings. The van der Waals surface area contributed by atoms with E-state index in [1.165, 1.54) is 12.4 Å². The van der Waals surface area contributed by atoms with Crippen molar-refractivity contribution < 1.29 is 8.42 Å². The molecule has 8 nitrogen and oxygen atoms in total. The predicted octanol–water partition coefficient (Wildman–Crippen LogP) is -0.619. The van der Waals surface area contributed by atoms with Gasteiger partial charge in [0.25, 0.3) is 0 Å². The molecule has 0 aliphatic carbocycles. The molecule has 1 rings (SSSR count). The molecule has 4 N–H and O–H groups in total. The van der Waals surface area contributed by atoms with Crippen molar-refractivity contribution in [2.24, 2.45) is 5.84 Å². The average molecular weight is 288 g/mol. The number of aromatic nitrogens is 2. The summed E-state index contributed by atoms with van der Waals surface area (Å²) < 4.78 is 26.6. The van der Waals surface area contributed by atoms with E-state index in [1.54, 1.807) is 0 Å². The molecule has 0 atom stereocenters. The summed E-state index contributed by atoms with van der Waals surface area (Å²) in [6.45, 7) is 4.15. The molecule has 0 unspecified atom stereocenters. The fraction of sp³-hybridized carbons (Fsp3) is 0.600. The van der Waals surface area contributed by atoms with Gasteiger partial charge >= 0.3 is 0 Å². The lowest BCUT2D eigenvalue weighted by Crippen LogP contribution is -2.48. The van der Waals surface area contributed by atoms with Crippen molar-refractivity contribution in [3.8, 4) is 0 Å². The van der Waals surface area contributed by atoms with E-state index in [4.69, 9.17) is 5.84 Å². The van der Waals surface area contributed by atoms with Crippen LogP contribution in [-0.4, -0.2) is 49.5 Å². The summed E-state index contributed by atoms with van der Waals surface area (Å²) in [5.74, 6) is 5.27. The third kappa shape index (κ3) is 4.10. The first-order valence-corrected chi connectivity index (χ1v) is 7.13. The van der Waals surface area contributed by atoms with Gasteiger partial charge in [0.2, 0.25) is 16.0 Å². The second-order valence-corrected chi connectivity index (χ2v) is 6.69. The number of nitrogens with two attached hydrogens (primary N) is 1. The molecule has 0 amide bonds. The van der Waals surface area contributed by atoms with Crippen molar-refractivity contribution >= 4 is 16.0 Å². The molecule has 9 heteroatoms. The van der Waals surface area contributed by atoms with Crippen molar-refractivity contribution in [2.45, 2.75) is 24.3 Å². The van der Waals surface area contributed by atoms with E-state index in [-0.39, 0.29) is 22.9 Å². The fourth-order valence-corrected chi connectivity index (χ4v) is 2.14. The van der Waals surface area contributed by atoms with Crippen LogP contribution in [-0.2, 0) is 10.0 Å². The van der Waals surface area contributed by atoms with Crippen LogP contribution in [0, 0.1) is 0 Å². The maximum Gasteiger partial charge on any atom is 0.243 e. The molecule has 0 aromatic carbocycles. The van der Waals surface area contributed by atoms with Crippen LogP contribution in [0.15, 0.2) is 17.3 Å². The normalized spacial score (nSPS) is 12.7. The Balaban J connectivity index is 2.81. The smallest absolute Gasteiger partial charge is 0.243 e. The third-order valence-corrected chi connectivity index (χ3v) is 4.33. The summed E-state index contributed by atoms with van der Waals surface area (Å²) in [6, 6.07) is 0. The average Bonchev–Trinajstić information content (AvgIpc) is 2.36. The molecular weight excluding hydrogens is 268 g/mol. The SMILES string of the molecule is CN(C)C(C)(C)CNS(=O)(=O)c1cnc(NN)nc1. The van der Waals surface area contributed by atoms with E-state index in [1.807, 2.05) is 32.8 Å². The lowest BCUT2D eigenvalue weighted by Gasteiger charge is -2.32. The number of hydrogen-bond acceptors (Lipinski definition) is 7. The van der Waals surface area contributed by atoms with Crippen LogP contribution in [0.25, 0.3) is 0 Å². The molecule has 0 radical (unpaired) electrons. The third-order valence-electron chi connectivity index (χ3n) is 2.97. The fourth-order valence-electron chi connectivity index (χ4n) is 1.04. The van der Waals surface area contributed by atoms with Crippen LogP contribution in [0.3, 0.4) is 0 Å². The molecule has 0 saturated heterocycles. The zero-order valence-electron chi connectivity index (χ0n) is 11.5. The first-order valence-electron chi connectivity index (χ1n) is 5.65. The van der Waals surface area contributed by atoms with Gasteiger partial charge in [0.15, 0.2) is 0 Å². The number of hydrogen-bond donors (Lipinski definition) is 3. The van der Waals surface area contributed by atoms with Crippen molar-refractivity contribution in [2.75, 3.05) is 26.1 Å². The van der Waals surface area contributed by atoms with Gasteiger partial charge in [-0.15, -0.1) is 0 Å². The Morgan fingerprint density at radius 3 is 2.26 bits per heavy atom. The van der Waals surface area contributed by atoms with Crippen molar-refractivity contribution in [3.63, 3.8) is 0 Å². The molecule has 0 aliphatic rings. The molecule has 19 heavy (non-hydrogen) atoms. The Hall–Kier alpha value is -1.29. The van der Waals surface area contributed by atoms with Gasteiger partial charge in [0.05, 0.1) is 12.4 Å². The minimum absolute atomic E-state index is 0.000978. The second-order valence-electron chi connectivity index (χ2n) is 4.92. The Morgan fingerprint density at radius 1 is 1.32 bits per heavy atom. The van der Waals surface area contributed by atoms with Crippen LogP contribution >= 0.6 is 0 Å². The van der Waals surface area contributed by atoms with Gasteiger partial charge in [0, 0.05) is 12.1 Å². The van der Waals surface area contributed by atoms with Crippen molar-refractivity contribution in [3.05, 3.63) is 12.4 Å². The number of nitrogens with zero attached hydrogens (tertiary/aromatic N) is 3. The molecule has 0 spiro atoms. The zero-order chi connectivity index (χ0) is 14.7. The lowest BCUT2D eigenvalue weighted by molar-refractivity contribution is 0.199. The van der Waals surface area contributed by atoms with E-state index < -0.39 is 10.0 Å². The summed E-state index contributed by atoms with van der Waals surface area (Å²) in [5, 5.41) is 0. The number of hydrazine groups is 1. The monoisotopic (exact) mass is 288 g/mol. The van der Waals surface area contributed by atoms with Gasteiger partial charge in [-0.25, -0.2) is 29.0 Å². The van der Waals surface area contributed by atoms with E-state index in [0.717, 1.165) is 0 Å². The Bertz CT molecular complexity index is 511. The van der Waals surface area contributed by atoms with Crippen LogP contribution in [0.4, 0.5) is 5.95 Å². The number of rotatable bonds is 6. The maximum atomic E-state index is 12.0. The number of likely N-dealkylation sites (N-methyl/N-ethyl adjacent to an activating group) is 1. The number of nitrogens with one attached hydrogen (secondary N) is 2. The number of sulfonamides is 1. The summed E-state index contributed by atoms with van der Waals surface area (Å²) >= 11 is 0. The molecule has 1 aromatic heterocycles. The highest BCUT2D eigenvalue weighted by Gasteiger charge is 2.24. The highest BCUT2D eigenvalue weighted by molar-refractivity contribution is 7.89. The van der Waals surface area contributed by atoms with Gasteiger partial charge in [-0.1, -0.05) is 0 Å². The Morgan fingerprint density at radius 2 is 1.84 bits per heavy atom. The highest BCUT2D eigenvalue weighted by Crippen LogP contribution is 2.11. The minimum atomic E-state index is -3.62. The second kappa shape index (κ2) is 5.78. The molecule has 0 bridgehead atoms. The van der Waals surface area contributed by atoms with Crippen LogP contribution in [0.5, 0.6) is 0 Å². The summed E-state index contributed by atoms with van der Waals surface area (Å²) in [6.07, 6.45) is 2.40. The van der Waals surface area contributed by atoms with Crippen LogP contribution in [0.2, 0.25) is 0 Å². The molecule has 1 aromatic rings. The van der Waals surface area contributed by atoms with Gasteiger partial charge in [-0.2, -0.15) is 0 Å². The molecule has 0 saturated carbocycles.